The van der Waals surface area contributed by atoms with Crippen LogP contribution < -0.4 is 24.8 Å². The Morgan fingerprint density at radius 1 is 0.909 bits per heavy atom. The summed E-state index contributed by atoms with van der Waals surface area (Å²) in [7, 11) is 4.42. The predicted molar refractivity (Wildman–Crippen MR) is 75.0 cm³/mol. The molecule has 1 aromatic rings. The summed E-state index contributed by atoms with van der Waals surface area (Å²) in [6.45, 7) is 0. The molecule has 0 spiro atoms. The standard InChI is InChI=1S/C14H16N2O6/c1-20-9-5-7(6-10(21-2)11(9)22-3)4-8-12(17)15-14(19)16-13(8)18/h5-6,8H,4H2,1-3H3,(H2,15,16,17,18,19). The van der Waals surface area contributed by atoms with Crippen molar-refractivity contribution in [2.45, 2.75) is 6.42 Å². The lowest BCUT2D eigenvalue weighted by atomic mass is 9.96. The second kappa shape index (κ2) is 6.33. The Labute approximate surface area is 126 Å². The fourth-order valence-electron chi connectivity index (χ4n) is 2.22. The van der Waals surface area contributed by atoms with E-state index < -0.39 is 23.8 Å². The number of imide groups is 2. The Balaban J connectivity index is 2.31. The van der Waals surface area contributed by atoms with E-state index in [0.717, 1.165) is 0 Å². The van der Waals surface area contributed by atoms with E-state index in [1.54, 1.807) is 12.1 Å². The molecule has 2 rings (SSSR count). The molecule has 8 heteroatoms. The van der Waals surface area contributed by atoms with Crippen molar-refractivity contribution in [3.63, 3.8) is 0 Å². The second-order valence-electron chi connectivity index (χ2n) is 4.60. The van der Waals surface area contributed by atoms with Gasteiger partial charge >= 0.3 is 6.03 Å². The number of carbonyl (C=O) groups excluding carboxylic acids is 3. The first-order chi connectivity index (χ1) is 10.5. The van der Waals surface area contributed by atoms with Gasteiger partial charge in [-0.2, -0.15) is 0 Å². The van der Waals surface area contributed by atoms with Gasteiger partial charge in [-0.25, -0.2) is 4.79 Å². The fourth-order valence-corrected chi connectivity index (χ4v) is 2.22. The zero-order valence-electron chi connectivity index (χ0n) is 12.4. The number of carbonyl (C=O) groups is 3. The van der Waals surface area contributed by atoms with E-state index in [9.17, 15) is 14.4 Å². The SMILES string of the molecule is COc1cc(CC2C(=O)NC(=O)NC2=O)cc(OC)c1OC. The smallest absolute Gasteiger partial charge is 0.328 e. The Morgan fingerprint density at radius 2 is 1.41 bits per heavy atom. The largest absolute Gasteiger partial charge is 0.493 e. The van der Waals surface area contributed by atoms with E-state index >= 15 is 0 Å². The molecule has 1 fully saturated rings. The van der Waals surface area contributed by atoms with Crippen molar-refractivity contribution in [3.05, 3.63) is 17.7 Å². The Hall–Kier alpha value is -2.77. The van der Waals surface area contributed by atoms with Gasteiger partial charge in [0.05, 0.1) is 21.3 Å². The van der Waals surface area contributed by atoms with Gasteiger partial charge in [-0.05, 0) is 24.1 Å². The Morgan fingerprint density at radius 3 is 1.82 bits per heavy atom. The summed E-state index contributed by atoms with van der Waals surface area (Å²) in [5.74, 6) is -1.01. The van der Waals surface area contributed by atoms with Gasteiger partial charge in [-0.3, -0.25) is 20.2 Å². The molecule has 0 atom stereocenters. The zero-order valence-corrected chi connectivity index (χ0v) is 12.4. The fraction of sp³-hybridized carbons (Fsp3) is 0.357. The normalized spacial score (nSPS) is 15.1. The molecule has 4 amide bonds. The molecule has 0 bridgehead atoms. The van der Waals surface area contributed by atoms with Crippen LogP contribution in [0.5, 0.6) is 17.2 Å². The molecule has 1 aromatic carbocycles. The molecule has 22 heavy (non-hydrogen) atoms. The molecule has 0 saturated carbocycles. The molecule has 118 valence electrons. The third kappa shape index (κ3) is 2.95. The average Bonchev–Trinajstić information content (AvgIpc) is 2.49. The minimum Gasteiger partial charge on any atom is -0.493 e. The van der Waals surface area contributed by atoms with Crippen LogP contribution in [0.3, 0.4) is 0 Å². The lowest BCUT2D eigenvalue weighted by Gasteiger charge is -2.21. The quantitative estimate of drug-likeness (QED) is 0.755. The molecule has 0 unspecified atom stereocenters. The van der Waals surface area contributed by atoms with Gasteiger partial charge in [-0.1, -0.05) is 0 Å². The Kier molecular flexibility index (Phi) is 4.50. The molecule has 1 saturated heterocycles. The van der Waals surface area contributed by atoms with E-state index in [4.69, 9.17) is 14.2 Å². The number of barbiturate groups is 1. The average molecular weight is 308 g/mol. The van der Waals surface area contributed by atoms with Crippen LogP contribution in [0.25, 0.3) is 0 Å². The van der Waals surface area contributed by atoms with Gasteiger partial charge in [0.1, 0.15) is 5.92 Å². The van der Waals surface area contributed by atoms with Crippen molar-refractivity contribution in [3.8, 4) is 17.2 Å². The van der Waals surface area contributed by atoms with Crippen molar-refractivity contribution >= 4 is 17.8 Å². The van der Waals surface area contributed by atoms with E-state index in [1.165, 1.54) is 21.3 Å². The van der Waals surface area contributed by atoms with Gasteiger partial charge in [-0.15, -0.1) is 0 Å². The summed E-state index contributed by atoms with van der Waals surface area (Å²) >= 11 is 0. The number of rotatable bonds is 5. The van der Waals surface area contributed by atoms with Crippen LogP contribution in [0.1, 0.15) is 5.56 Å². The summed E-state index contributed by atoms with van der Waals surface area (Å²) in [4.78, 5) is 34.6. The third-order valence-electron chi connectivity index (χ3n) is 3.27. The van der Waals surface area contributed by atoms with Crippen molar-refractivity contribution in [1.29, 1.82) is 0 Å². The van der Waals surface area contributed by atoms with Crippen LogP contribution in [-0.4, -0.2) is 39.2 Å². The molecular formula is C14H16N2O6. The molecule has 8 nitrogen and oxygen atoms in total. The van der Waals surface area contributed by atoms with Gasteiger partial charge in [0.2, 0.25) is 17.6 Å². The number of hydrogen-bond acceptors (Lipinski definition) is 6. The van der Waals surface area contributed by atoms with Crippen LogP contribution in [0.2, 0.25) is 0 Å². The highest BCUT2D eigenvalue weighted by Crippen LogP contribution is 2.38. The van der Waals surface area contributed by atoms with Crippen molar-refractivity contribution in [2.75, 3.05) is 21.3 Å². The summed E-state index contributed by atoms with van der Waals surface area (Å²) in [6.07, 6.45) is 0.0989. The first kappa shape index (κ1) is 15.6. The van der Waals surface area contributed by atoms with Gasteiger partial charge in [0.25, 0.3) is 0 Å². The van der Waals surface area contributed by atoms with Crippen molar-refractivity contribution < 1.29 is 28.6 Å². The summed E-state index contributed by atoms with van der Waals surface area (Å²) in [5.41, 5.74) is 0.638. The maximum atomic E-state index is 11.8. The lowest BCUT2D eigenvalue weighted by molar-refractivity contribution is -0.135. The lowest BCUT2D eigenvalue weighted by Crippen LogP contribution is -2.56. The zero-order chi connectivity index (χ0) is 16.3. The van der Waals surface area contributed by atoms with E-state index in [0.29, 0.717) is 22.8 Å². The predicted octanol–water partition coefficient (Wildman–Crippen LogP) is 0.237. The number of urea groups is 1. The molecule has 2 N–H and O–H groups in total. The number of nitrogens with one attached hydrogen (secondary N) is 2. The minimum absolute atomic E-state index is 0.0989. The van der Waals surface area contributed by atoms with Crippen LogP contribution in [0.15, 0.2) is 12.1 Å². The molecule has 0 radical (unpaired) electrons. The summed E-state index contributed by atoms with van der Waals surface area (Å²) in [5, 5.41) is 4.13. The molecule has 1 heterocycles. The molecule has 0 aromatic heterocycles. The van der Waals surface area contributed by atoms with E-state index in [1.807, 2.05) is 0 Å². The highest BCUT2D eigenvalue weighted by molar-refractivity contribution is 6.16. The highest BCUT2D eigenvalue weighted by atomic mass is 16.5. The number of benzene rings is 1. The topological polar surface area (TPSA) is 103 Å². The van der Waals surface area contributed by atoms with E-state index in [-0.39, 0.29) is 6.42 Å². The summed E-state index contributed by atoms with van der Waals surface area (Å²) in [6, 6.07) is 2.49. The van der Waals surface area contributed by atoms with Crippen molar-refractivity contribution in [1.82, 2.24) is 10.6 Å². The van der Waals surface area contributed by atoms with Gasteiger partial charge in [0.15, 0.2) is 11.5 Å². The van der Waals surface area contributed by atoms with Gasteiger partial charge < -0.3 is 14.2 Å². The molecule has 1 aliphatic heterocycles. The van der Waals surface area contributed by atoms with Crippen molar-refractivity contribution in [2.24, 2.45) is 5.92 Å². The number of amides is 4. The van der Waals surface area contributed by atoms with Crippen LogP contribution in [0, 0.1) is 5.92 Å². The maximum Gasteiger partial charge on any atom is 0.328 e. The maximum absolute atomic E-state index is 11.8. The highest BCUT2D eigenvalue weighted by Gasteiger charge is 2.34. The first-order valence-corrected chi connectivity index (χ1v) is 6.44. The van der Waals surface area contributed by atoms with Crippen LogP contribution in [-0.2, 0) is 16.0 Å². The molecular weight excluding hydrogens is 292 g/mol. The summed E-state index contributed by atoms with van der Waals surface area (Å²) < 4.78 is 15.6. The van der Waals surface area contributed by atoms with E-state index in [2.05, 4.69) is 10.6 Å². The van der Waals surface area contributed by atoms with Crippen LogP contribution >= 0.6 is 0 Å². The second-order valence-corrected chi connectivity index (χ2v) is 4.60. The minimum atomic E-state index is -1.000. The Bertz CT molecular complexity index is 583. The monoisotopic (exact) mass is 308 g/mol. The molecule has 1 aliphatic rings. The number of ether oxygens (including phenoxy) is 3. The molecule has 0 aliphatic carbocycles. The third-order valence-corrected chi connectivity index (χ3v) is 3.27. The van der Waals surface area contributed by atoms with Gasteiger partial charge in [0, 0.05) is 0 Å². The number of hydrogen-bond donors (Lipinski definition) is 2. The number of methoxy groups -OCH3 is 3. The first-order valence-electron chi connectivity index (χ1n) is 6.44. The van der Waals surface area contributed by atoms with Crippen LogP contribution in [0.4, 0.5) is 4.79 Å².